The first-order valence-electron chi connectivity index (χ1n) is 8.86. The fourth-order valence-electron chi connectivity index (χ4n) is 3.81. The van der Waals surface area contributed by atoms with E-state index in [-0.39, 0.29) is 29.5 Å². The van der Waals surface area contributed by atoms with Crippen molar-refractivity contribution in [1.82, 2.24) is 4.90 Å². The molecule has 1 aliphatic carbocycles. The van der Waals surface area contributed by atoms with Crippen LogP contribution in [-0.2, 0) is 0 Å². The monoisotopic (exact) mass is 510 g/mol. The average Bonchev–Trinajstić information content (AvgIpc) is 3.11. The summed E-state index contributed by atoms with van der Waals surface area (Å²) in [5, 5.41) is 3.70. The molecule has 1 aromatic rings. The topological polar surface area (TPSA) is 62.9 Å². The van der Waals surface area contributed by atoms with Crippen LogP contribution in [0.2, 0.25) is 5.02 Å². The number of nitrogens with zero attached hydrogens (tertiary/aromatic N) is 2. The Morgan fingerprint density at radius 1 is 1.35 bits per heavy atom. The molecule has 1 aliphatic heterocycles. The van der Waals surface area contributed by atoms with E-state index in [1.165, 1.54) is 50.3 Å². The number of halogens is 2. The summed E-state index contributed by atoms with van der Waals surface area (Å²) in [4.78, 5) is 7.33. The van der Waals surface area contributed by atoms with Crippen LogP contribution in [0.15, 0.2) is 23.2 Å². The van der Waals surface area contributed by atoms with E-state index in [0.29, 0.717) is 16.7 Å². The van der Waals surface area contributed by atoms with Gasteiger partial charge in [-0.15, -0.1) is 24.0 Å². The van der Waals surface area contributed by atoms with Crippen LogP contribution < -0.4 is 15.8 Å². The van der Waals surface area contributed by atoms with Crippen LogP contribution in [0.1, 0.15) is 25.7 Å². The van der Waals surface area contributed by atoms with Crippen molar-refractivity contribution in [2.24, 2.45) is 10.7 Å². The fourth-order valence-corrected chi connectivity index (χ4v) is 4.97. The van der Waals surface area contributed by atoms with Gasteiger partial charge in [-0.1, -0.05) is 24.4 Å². The lowest BCUT2D eigenvalue weighted by molar-refractivity contribution is 0.112. The van der Waals surface area contributed by atoms with Gasteiger partial charge in [0.1, 0.15) is 5.75 Å². The maximum Gasteiger partial charge on any atom is 0.193 e. The molecule has 0 radical (unpaired) electrons. The van der Waals surface area contributed by atoms with Gasteiger partial charge in [0.25, 0.3) is 0 Å². The first-order chi connectivity index (χ1) is 12.1. The second-order valence-electron chi connectivity index (χ2n) is 6.71. The van der Waals surface area contributed by atoms with Gasteiger partial charge in [0.2, 0.25) is 0 Å². The Bertz CT molecular complexity index is 619. The molecule has 0 atom stereocenters. The van der Waals surface area contributed by atoms with Crippen molar-refractivity contribution in [2.75, 3.05) is 43.6 Å². The third-order valence-electron chi connectivity index (χ3n) is 5.18. The van der Waals surface area contributed by atoms with Gasteiger partial charge in [-0.25, -0.2) is 0 Å². The molecule has 1 aromatic carbocycles. The van der Waals surface area contributed by atoms with Crippen molar-refractivity contribution in [3.63, 3.8) is 0 Å². The molecule has 0 aromatic heterocycles. The average molecular weight is 511 g/mol. The Kier molecular flexibility index (Phi) is 8.63. The normalized spacial score (nSPS) is 20.5. The van der Waals surface area contributed by atoms with Crippen LogP contribution >= 0.6 is 47.3 Å². The van der Waals surface area contributed by atoms with Crippen LogP contribution in [0.4, 0.5) is 5.69 Å². The Morgan fingerprint density at radius 3 is 2.65 bits per heavy atom. The molecule has 3 rings (SSSR count). The molecule has 0 bridgehead atoms. The molecule has 0 spiro atoms. The smallest absolute Gasteiger partial charge is 0.193 e. The molecule has 0 amide bonds. The van der Waals surface area contributed by atoms with E-state index in [1.807, 2.05) is 23.9 Å². The zero-order valence-electron chi connectivity index (χ0n) is 15.2. The predicted molar refractivity (Wildman–Crippen MR) is 124 cm³/mol. The number of nitrogens with one attached hydrogen (secondary N) is 1. The summed E-state index contributed by atoms with van der Waals surface area (Å²) in [6.07, 6.45) is 5.03. The molecule has 2 fully saturated rings. The highest BCUT2D eigenvalue weighted by Crippen LogP contribution is 2.37. The number of anilines is 1. The molecule has 5 nitrogen and oxygen atoms in total. The van der Waals surface area contributed by atoms with Crippen LogP contribution in [0.5, 0.6) is 5.75 Å². The Balaban J connectivity index is 0.00000243. The highest BCUT2D eigenvalue weighted by atomic mass is 127. The number of aliphatic imine (C=N–C) groups is 1. The molecule has 8 heteroatoms. The fraction of sp³-hybridized carbons (Fsp3) is 0.611. The second-order valence-corrected chi connectivity index (χ2v) is 8.34. The maximum atomic E-state index is 6.16. The van der Waals surface area contributed by atoms with Crippen LogP contribution in [-0.4, -0.2) is 54.6 Å². The van der Waals surface area contributed by atoms with E-state index >= 15 is 0 Å². The molecule has 3 N–H and O–H groups in total. The summed E-state index contributed by atoms with van der Waals surface area (Å²) >= 11 is 8.21. The van der Waals surface area contributed by atoms with Gasteiger partial charge in [0, 0.05) is 35.8 Å². The Labute approximate surface area is 182 Å². The van der Waals surface area contributed by atoms with E-state index in [9.17, 15) is 0 Å². The summed E-state index contributed by atoms with van der Waals surface area (Å²) < 4.78 is 5.17. The summed E-state index contributed by atoms with van der Waals surface area (Å²) in [5.74, 6) is 3.54. The van der Waals surface area contributed by atoms with E-state index in [4.69, 9.17) is 22.1 Å². The number of rotatable bonds is 5. The predicted octanol–water partition coefficient (Wildman–Crippen LogP) is 4.05. The number of guanidine groups is 1. The van der Waals surface area contributed by atoms with Crippen LogP contribution in [0.3, 0.4) is 0 Å². The molecule has 1 saturated carbocycles. The van der Waals surface area contributed by atoms with Gasteiger partial charge >= 0.3 is 0 Å². The van der Waals surface area contributed by atoms with E-state index in [2.05, 4.69) is 15.2 Å². The molecule has 1 saturated heterocycles. The third kappa shape index (κ3) is 5.33. The number of thioether (sulfide) groups is 1. The van der Waals surface area contributed by atoms with Gasteiger partial charge in [-0.05, 0) is 31.0 Å². The molecule has 146 valence electrons. The van der Waals surface area contributed by atoms with E-state index < -0.39 is 0 Å². The van der Waals surface area contributed by atoms with Crippen molar-refractivity contribution < 1.29 is 4.74 Å². The number of hydrogen-bond acceptors (Lipinski definition) is 4. The van der Waals surface area contributed by atoms with E-state index in [1.54, 1.807) is 13.2 Å². The summed E-state index contributed by atoms with van der Waals surface area (Å²) in [5.41, 5.74) is 7.16. The van der Waals surface area contributed by atoms with Gasteiger partial charge in [-0.3, -0.25) is 9.89 Å². The minimum Gasteiger partial charge on any atom is -0.495 e. The van der Waals surface area contributed by atoms with Gasteiger partial charge in [0.05, 0.1) is 18.7 Å². The SMILES string of the molecule is COc1ccc(NC(N)=NCC2(N3CCSCC3)CCCC2)cc1Cl.I. The second kappa shape index (κ2) is 10.2. The standard InChI is InChI=1S/C18H27ClN4OS.HI/c1-24-16-5-4-14(12-15(16)19)22-17(20)21-13-18(6-2-3-7-18)23-8-10-25-11-9-23;/h4-5,12H,2-3,6-11,13H2,1H3,(H3,20,21,22);1H. The van der Waals surface area contributed by atoms with Gasteiger partial charge in [-0.2, -0.15) is 11.8 Å². The number of methoxy groups -OCH3 is 1. The van der Waals surface area contributed by atoms with Crippen molar-refractivity contribution in [1.29, 1.82) is 0 Å². The molecular formula is C18H28ClIN4OS. The van der Waals surface area contributed by atoms with Crippen molar-refractivity contribution in [2.45, 2.75) is 31.2 Å². The molecule has 2 aliphatic rings. The zero-order valence-corrected chi connectivity index (χ0v) is 19.1. The number of benzene rings is 1. The summed E-state index contributed by atoms with van der Waals surface area (Å²) in [6, 6.07) is 5.51. The first-order valence-corrected chi connectivity index (χ1v) is 10.4. The lowest BCUT2D eigenvalue weighted by Gasteiger charge is -2.42. The number of ether oxygens (including phenoxy) is 1. The highest BCUT2D eigenvalue weighted by molar-refractivity contribution is 14.0. The third-order valence-corrected chi connectivity index (χ3v) is 6.42. The molecule has 26 heavy (non-hydrogen) atoms. The molecular weight excluding hydrogens is 483 g/mol. The first kappa shape index (κ1) is 21.9. The van der Waals surface area contributed by atoms with E-state index in [0.717, 1.165) is 12.2 Å². The highest BCUT2D eigenvalue weighted by Gasteiger charge is 2.39. The van der Waals surface area contributed by atoms with Crippen molar-refractivity contribution in [3.8, 4) is 5.75 Å². The zero-order chi connectivity index (χ0) is 17.7. The Hall–Kier alpha value is -0.380. The minimum atomic E-state index is 0. The number of hydrogen-bond donors (Lipinski definition) is 2. The minimum absolute atomic E-state index is 0. The lowest BCUT2D eigenvalue weighted by Crippen LogP contribution is -2.52. The van der Waals surface area contributed by atoms with Crippen LogP contribution in [0, 0.1) is 0 Å². The number of nitrogens with two attached hydrogens (primary N) is 1. The van der Waals surface area contributed by atoms with Crippen LogP contribution in [0.25, 0.3) is 0 Å². The summed E-state index contributed by atoms with van der Waals surface area (Å²) in [7, 11) is 1.60. The largest absolute Gasteiger partial charge is 0.495 e. The van der Waals surface area contributed by atoms with Gasteiger partial charge < -0.3 is 15.8 Å². The Morgan fingerprint density at radius 2 is 2.04 bits per heavy atom. The van der Waals surface area contributed by atoms with Gasteiger partial charge in [0.15, 0.2) is 5.96 Å². The maximum absolute atomic E-state index is 6.16. The quantitative estimate of drug-likeness (QED) is 0.355. The van der Waals surface area contributed by atoms with Crippen molar-refractivity contribution in [3.05, 3.63) is 23.2 Å². The lowest BCUT2D eigenvalue weighted by atomic mass is 9.95. The summed E-state index contributed by atoms with van der Waals surface area (Å²) in [6.45, 7) is 3.10. The molecule has 0 unspecified atom stereocenters. The molecule has 1 heterocycles. The van der Waals surface area contributed by atoms with Crippen molar-refractivity contribution >= 4 is 59.0 Å².